The first-order valence-corrected chi connectivity index (χ1v) is 11.6. The van der Waals surface area contributed by atoms with E-state index in [1.165, 1.54) is 36.1 Å². The highest BCUT2D eigenvalue weighted by atomic mass is 15.1. The average Bonchev–Trinajstić information content (AvgIpc) is 2.72. The van der Waals surface area contributed by atoms with E-state index in [4.69, 9.17) is 0 Å². The number of hydrogen-bond donors (Lipinski definition) is 1. The second-order valence-corrected chi connectivity index (χ2v) is 9.29. The van der Waals surface area contributed by atoms with Crippen molar-refractivity contribution in [2.24, 2.45) is 11.3 Å². The van der Waals surface area contributed by atoms with Crippen LogP contribution in [-0.2, 0) is 0 Å². The molecule has 2 nitrogen and oxygen atoms in total. The lowest BCUT2D eigenvalue weighted by atomic mass is 9.59. The van der Waals surface area contributed by atoms with Crippen LogP contribution in [0.1, 0.15) is 70.9 Å². The molecule has 0 spiro atoms. The third-order valence-corrected chi connectivity index (χ3v) is 7.12. The van der Waals surface area contributed by atoms with E-state index >= 15 is 0 Å². The highest BCUT2D eigenvalue weighted by Crippen LogP contribution is 2.51. The van der Waals surface area contributed by atoms with Gasteiger partial charge in [0.25, 0.3) is 0 Å². The lowest BCUT2D eigenvalue weighted by Crippen LogP contribution is -2.45. The monoisotopic (exact) mass is 392 g/mol. The van der Waals surface area contributed by atoms with Gasteiger partial charge in [-0.15, -0.1) is 0 Å². The molecule has 1 aliphatic carbocycles. The van der Waals surface area contributed by atoms with Crippen LogP contribution in [0.3, 0.4) is 0 Å². The first-order chi connectivity index (χ1) is 14.0. The van der Waals surface area contributed by atoms with Crippen molar-refractivity contribution in [2.75, 3.05) is 25.0 Å². The maximum atomic E-state index is 3.43. The predicted octanol–water partition coefficient (Wildman–Crippen LogP) is 6.79. The van der Waals surface area contributed by atoms with E-state index in [0.717, 1.165) is 25.7 Å². The summed E-state index contributed by atoms with van der Waals surface area (Å²) in [5.41, 5.74) is 4.44. The van der Waals surface area contributed by atoms with E-state index in [9.17, 15) is 0 Å². The molecule has 0 aliphatic heterocycles. The third kappa shape index (κ3) is 5.04. The Kier molecular flexibility index (Phi) is 7.40. The Balaban J connectivity index is 1.92. The quantitative estimate of drug-likeness (QED) is 0.532. The van der Waals surface area contributed by atoms with Gasteiger partial charge in [0.1, 0.15) is 0 Å². The summed E-state index contributed by atoms with van der Waals surface area (Å²) in [5.74, 6) is 1.11. The summed E-state index contributed by atoms with van der Waals surface area (Å²) >= 11 is 0. The van der Waals surface area contributed by atoms with Gasteiger partial charge in [-0.1, -0.05) is 70.2 Å². The molecule has 2 heteroatoms. The second kappa shape index (κ2) is 9.80. The van der Waals surface area contributed by atoms with E-state index in [-0.39, 0.29) is 0 Å². The molecule has 158 valence electrons. The van der Waals surface area contributed by atoms with Crippen molar-refractivity contribution >= 4 is 5.69 Å². The Morgan fingerprint density at radius 3 is 2.07 bits per heavy atom. The number of anilines is 1. The van der Waals surface area contributed by atoms with Gasteiger partial charge >= 0.3 is 0 Å². The van der Waals surface area contributed by atoms with E-state index in [1.54, 1.807) is 0 Å². The molecule has 0 aromatic heterocycles. The van der Waals surface area contributed by atoms with Gasteiger partial charge in [0.05, 0.1) is 0 Å². The average molecular weight is 393 g/mol. The summed E-state index contributed by atoms with van der Waals surface area (Å²) in [5, 5.41) is 3.43. The van der Waals surface area contributed by atoms with Crippen LogP contribution in [-0.4, -0.2) is 30.6 Å². The lowest BCUT2D eigenvalue weighted by Gasteiger charge is -2.49. The predicted molar refractivity (Wildman–Crippen MR) is 127 cm³/mol. The summed E-state index contributed by atoms with van der Waals surface area (Å²) < 4.78 is 0. The van der Waals surface area contributed by atoms with E-state index in [0.29, 0.717) is 17.3 Å². The maximum Gasteiger partial charge on any atom is 0.0340 e. The molecule has 3 unspecified atom stereocenters. The van der Waals surface area contributed by atoms with Crippen molar-refractivity contribution in [3.05, 3.63) is 65.7 Å². The van der Waals surface area contributed by atoms with Crippen molar-refractivity contribution in [3.63, 3.8) is 0 Å². The highest BCUT2D eigenvalue weighted by molar-refractivity contribution is 5.47. The number of nitrogens with zero attached hydrogens (tertiary/aromatic N) is 1. The molecule has 0 saturated heterocycles. The molecular weight excluding hydrogens is 352 g/mol. The van der Waals surface area contributed by atoms with Crippen LogP contribution in [0.5, 0.6) is 0 Å². The van der Waals surface area contributed by atoms with E-state index in [2.05, 4.69) is 99.4 Å². The SMILES string of the molecule is CCNc1ccc(C(c2ccccc2)C2CCC(N(CC)CC)CC2(C)C)cc1. The van der Waals surface area contributed by atoms with Crippen LogP contribution in [0.25, 0.3) is 0 Å². The standard InChI is InChI=1S/C27H40N2/c1-6-28-23-16-14-22(15-17-23)26(21-12-10-9-11-13-21)25-19-18-24(20-27(25,4)5)29(7-2)8-3/h9-17,24-26,28H,6-8,18-20H2,1-5H3. The first kappa shape index (κ1) is 21.9. The van der Waals surface area contributed by atoms with Crippen LogP contribution >= 0.6 is 0 Å². The third-order valence-electron chi connectivity index (χ3n) is 7.12. The Morgan fingerprint density at radius 1 is 0.897 bits per heavy atom. The van der Waals surface area contributed by atoms with Crippen molar-refractivity contribution in [1.29, 1.82) is 0 Å². The lowest BCUT2D eigenvalue weighted by molar-refractivity contribution is 0.0445. The molecule has 2 aromatic rings. The fourth-order valence-corrected chi connectivity index (χ4v) is 5.62. The van der Waals surface area contributed by atoms with Gasteiger partial charge in [0.15, 0.2) is 0 Å². The molecule has 3 atom stereocenters. The number of rotatable bonds is 8. The molecule has 1 fully saturated rings. The zero-order chi connectivity index (χ0) is 20.9. The van der Waals surface area contributed by atoms with Crippen LogP contribution in [0.15, 0.2) is 54.6 Å². The Hall–Kier alpha value is -1.80. The summed E-state index contributed by atoms with van der Waals surface area (Å²) in [6, 6.07) is 21.1. The smallest absolute Gasteiger partial charge is 0.0340 e. The van der Waals surface area contributed by atoms with Gasteiger partial charge in [-0.3, -0.25) is 0 Å². The molecule has 0 heterocycles. The maximum absolute atomic E-state index is 3.43. The van der Waals surface area contributed by atoms with Crippen molar-refractivity contribution in [1.82, 2.24) is 4.90 Å². The van der Waals surface area contributed by atoms with Crippen LogP contribution < -0.4 is 5.32 Å². The summed E-state index contributed by atoms with van der Waals surface area (Å²) in [7, 11) is 0. The number of hydrogen-bond acceptors (Lipinski definition) is 2. The Morgan fingerprint density at radius 2 is 1.52 bits per heavy atom. The summed E-state index contributed by atoms with van der Waals surface area (Å²) in [4.78, 5) is 2.67. The number of benzene rings is 2. The van der Waals surface area contributed by atoms with Crippen molar-refractivity contribution in [3.8, 4) is 0 Å². The van der Waals surface area contributed by atoms with Crippen LogP contribution in [0, 0.1) is 11.3 Å². The van der Waals surface area contributed by atoms with Gasteiger partial charge in [0.2, 0.25) is 0 Å². The van der Waals surface area contributed by atoms with Gasteiger partial charge in [-0.2, -0.15) is 0 Å². The van der Waals surface area contributed by atoms with Crippen LogP contribution in [0.2, 0.25) is 0 Å². The highest BCUT2D eigenvalue weighted by Gasteiger charge is 2.42. The Bertz CT molecular complexity index is 731. The molecule has 0 bridgehead atoms. The minimum Gasteiger partial charge on any atom is -0.385 e. The molecule has 2 aromatic carbocycles. The molecule has 1 aliphatic rings. The normalized spacial score (nSPS) is 22.4. The molecule has 1 N–H and O–H groups in total. The molecule has 1 saturated carbocycles. The Labute approximate surface area is 178 Å². The summed E-state index contributed by atoms with van der Waals surface area (Å²) in [6.45, 7) is 15.1. The number of nitrogens with one attached hydrogen (secondary N) is 1. The zero-order valence-electron chi connectivity index (χ0n) is 19.1. The second-order valence-electron chi connectivity index (χ2n) is 9.29. The van der Waals surface area contributed by atoms with Gasteiger partial charge in [-0.25, -0.2) is 0 Å². The molecule has 0 radical (unpaired) electrons. The molecule has 3 rings (SSSR count). The topological polar surface area (TPSA) is 15.3 Å². The van der Waals surface area contributed by atoms with Gasteiger partial charge in [-0.05, 0) is 73.9 Å². The van der Waals surface area contributed by atoms with E-state index < -0.39 is 0 Å². The minimum atomic E-state index is 0.312. The van der Waals surface area contributed by atoms with Gasteiger partial charge < -0.3 is 10.2 Å². The minimum absolute atomic E-state index is 0.312. The molecular formula is C27H40N2. The molecule has 29 heavy (non-hydrogen) atoms. The fourth-order valence-electron chi connectivity index (χ4n) is 5.62. The largest absolute Gasteiger partial charge is 0.385 e. The first-order valence-electron chi connectivity index (χ1n) is 11.6. The fraction of sp³-hybridized carbons (Fsp3) is 0.556. The molecule has 0 amide bonds. The van der Waals surface area contributed by atoms with Crippen LogP contribution in [0.4, 0.5) is 5.69 Å². The summed E-state index contributed by atoms with van der Waals surface area (Å²) in [6.07, 6.45) is 3.90. The zero-order valence-corrected chi connectivity index (χ0v) is 19.1. The van der Waals surface area contributed by atoms with Crippen molar-refractivity contribution < 1.29 is 0 Å². The van der Waals surface area contributed by atoms with Gasteiger partial charge in [0, 0.05) is 24.2 Å². The van der Waals surface area contributed by atoms with E-state index in [1.807, 2.05) is 0 Å². The van der Waals surface area contributed by atoms with Crippen molar-refractivity contribution in [2.45, 2.75) is 65.8 Å².